The highest BCUT2D eigenvalue weighted by molar-refractivity contribution is 5.71. The molecule has 80 valence electrons. The first-order valence-corrected chi connectivity index (χ1v) is 4.56. The first-order valence-electron chi connectivity index (χ1n) is 4.56. The summed E-state index contributed by atoms with van der Waals surface area (Å²) < 4.78 is 10.4. The van der Waals surface area contributed by atoms with Gasteiger partial charge in [0.15, 0.2) is 11.5 Å². The van der Waals surface area contributed by atoms with Gasteiger partial charge in [-0.3, -0.25) is 0 Å². The summed E-state index contributed by atoms with van der Waals surface area (Å²) in [4.78, 5) is 12.3. The van der Waals surface area contributed by atoms with Crippen molar-refractivity contribution in [3.05, 3.63) is 23.8 Å². The fourth-order valence-electron chi connectivity index (χ4n) is 1.39. The largest absolute Gasteiger partial charge is 0.454 e. The number of rotatable bonds is 2. The zero-order chi connectivity index (χ0) is 10.8. The third kappa shape index (κ3) is 1.96. The van der Waals surface area contributed by atoms with Crippen LogP contribution in [0.2, 0.25) is 0 Å². The lowest BCUT2D eigenvalue weighted by Gasteiger charge is -2.14. The number of ether oxygens (including phenoxy) is 2. The molecule has 1 aliphatic heterocycles. The molecule has 2 amide bonds. The fourth-order valence-corrected chi connectivity index (χ4v) is 1.39. The van der Waals surface area contributed by atoms with Crippen molar-refractivity contribution in [2.24, 2.45) is 5.73 Å². The molecule has 0 atom stereocenters. The second kappa shape index (κ2) is 3.68. The Labute approximate surface area is 87.4 Å². The van der Waals surface area contributed by atoms with Gasteiger partial charge in [0.05, 0.1) is 0 Å². The number of nitrogens with zero attached hydrogens (tertiary/aromatic N) is 1. The molecule has 0 fully saturated rings. The second-order valence-corrected chi connectivity index (χ2v) is 3.38. The number of hydrogen-bond acceptors (Lipinski definition) is 3. The lowest BCUT2D eigenvalue weighted by atomic mass is 10.2. The summed E-state index contributed by atoms with van der Waals surface area (Å²) in [5.74, 6) is 1.45. The van der Waals surface area contributed by atoms with E-state index in [0.29, 0.717) is 12.3 Å². The molecule has 15 heavy (non-hydrogen) atoms. The monoisotopic (exact) mass is 208 g/mol. The Morgan fingerprint density at radius 2 is 2.20 bits per heavy atom. The third-order valence-corrected chi connectivity index (χ3v) is 2.23. The zero-order valence-corrected chi connectivity index (χ0v) is 8.40. The number of urea groups is 1. The van der Waals surface area contributed by atoms with Crippen molar-refractivity contribution < 1.29 is 14.3 Å². The Kier molecular flexibility index (Phi) is 2.37. The van der Waals surface area contributed by atoms with Gasteiger partial charge in [-0.15, -0.1) is 0 Å². The van der Waals surface area contributed by atoms with Gasteiger partial charge in [0, 0.05) is 13.6 Å². The summed E-state index contributed by atoms with van der Waals surface area (Å²) in [6.07, 6.45) is 0. The minimum Gasteiger partial charge on any atom is -0.454 e. The molecule has 0 spiro atoms. The number of primary amides is 1. The van der Waals surface area contributed by atoms with E-state index in [1.165, 1.54) is 4.90 Å². The van der Waals surface area contributed by atoms with E-state index in [0.717, 1.165) is 11.3 Å². The van der Waals surface area contributed by atoms with Crippen molar-refractivity contribution >= 4 is 6.03 Å². The highest BCUT2D eigenvalue weighted by Gasteiger charge is 2.14. The first kappa shape index (κ1) is 9.64. The van der Waals surface area contributed by atoms with E-state index in [9.17, 15) is 4.79 Å². The van der Waals surface area contributed by atoms with Gasteiger partial charge < -0.3 is 20.1 Å². The standard InChI is InChI=1S/C10H12N2O3/c1-12(10(11)13)5-7-2-3-8-9(4-7)15-6-14-8/h2-4H,5-6H2,1H3,(H2,11,13). The number of carbonyl (C=O) groups is 1. The minimum atomic E-state index is -0.451. The number of carbonyl (C=O) groups excluding carboxylic acids is 1. The Bertz CT molecular complexity index is 392. The van der Waals surface area contributed by atoms with Crippen LogP contribution in [0.25, 0.3) is 0 Å². The number of nitrogens with two attached hydrogens (primary N) is 1. The van der Waals surface area contributed by atoms with Gasteiger partial charge in [0.1, 0.15) is 0 Å². The second-order valence-electron chi connectivity index (χ2n) is 3.38. The molecule has 1 aliphatic rings. The molecule has 1 heterocycles. The van der Waals surface area contributed by atoms with Crippen molar-refractivity contribution in [2.45, 2.75) is 6.54 Å². The van der Waals surface area contributed by atoms with Crippen LogP contribution in [-0.2, 0) is 6.54 Å². The zero-order valence-electron chi connectivity index (χ0n) is 8.40. The van der Waals surface area contributed by atoms with Gasteiger partial charge >= 0.3 is 6.03 Å². The molecule has 5 heteroatoms. The predicted octanol–water partition coefficient (Wildman–Crippen LogP) is 0.926. The maximum Gasteiger partial charge on any atom is 0.314 e. The van der Waals surface area contributed by atoms with Crippen LogP contribution in [0.1, 0.15) is 5.56 Å². The molecule has 0 aromatic heterocycles. The van der Waals surface area contributed by atoms with Crippen LogP contribution in [0.5, 0.6) is 11.5 Å². The lowest BCUT2D eigenvalue weighted by molar-refractivity contribution is 0.174. The highest BCUT2D eigenvalue weighted by Crippen LogP contribution is 2.32. The predicted molar refractivity (Wildman–Crippen MR) is 53.6 cm³/mol. The van der Waals surface area contributed by atoms with Crippen LogP contribution in [0.4, 0.5) is 4.79 Å². The van der Waals surface area contributed by atoms with E-state index >= 15 is 0 Å². The highest BCUT2D eigenvalue weighted by atomic mass is 16.7. The Balaban J connectivity index is 2.13. The van der Waals surface area contributed by atoms with Crippen molar-refractivity contribution in [3.8, 4) is 11.5 Å². The fraction of sp³-hybridized carbons (Fsp3) is 0.300. The molecule has 2 rings (SSSR count). The van der Waals surface area contributed by atoms with Gasteiger partial charge in [-0.05, 0) is 17.7 Å². The molecule has 1 aromatic carbocycles. The molecule has 0 saturated carbocycles. The normalized spacial score (nSPS) is 12.6. The molecular weight excluding hydrogens is 196 g/mol. The number of hydrogen-bond donors (Lipinski definition) is 1. The van der Waals surface area contributed by atoms with Gasteiger partial charge in [0.25, 0.3) is 0 Å². The SMILES string of the molecule is CN(Cc1ccc2c(c1)OCO2)C(N)=O. The summed E-state index contributed by atoms with van der Waals surface area (Å²) in [5, 5.41) is 0. The van der Waals surface area contributed by atoms with Crippen LogP contribution >= 0.6 is 0 Å². The Hall–Kier alpha value is -1.91. The van der Waals surface area contributed by atoms with Crippen molar-refractivity contribution in [3.63, 3.8) is 0 Å². The number of benzene rings is 1. The molecule has 0 bridgehead atoms. The van der Waals surface area contributed by atoms with Crippen molar-refractivity contribution in [1.29, 1.82) is 0 Å². The first-order chi connectivity index (χ1) is 7.16. The van der Waals surface area contributed by atoms with E-state index in [1.807, 2.05) is 18.2 Å². The van der Waals surface area contributed by atoms with E-state index in [1.54, 1.807) is 7.05 Å². The summed E-state index contributed by atoms with van der Waals surface area (Å²) in [5.41, 5.74) is 6.09. The average Bonchev–Trinajstić information content (AvgIpc) is 2.64. The van der Waals surface area contributed by atoms with Crippen molar-refractivity contribution in [2.75, 3.05) is 13.8 Å². The third-order valence-electron chi connectivity index (χ3n) is 2.23. The van der Waals surface area contributed by atoms with Gasteiger partial charge in [-0.1, -0.05) is 6.07 Å². The van der Waals surface area contributed by atoms with E-state index < -0.39 is 6.03 Å². The maximum atomic E-state index is 10.8. The van der Waals surface area contributed by atoms with E-state index in [2.05, 4.69) is 0 Å². The van der Waals surface area contributed by atoms with Gasteiger partial charge in [0.2, 0.25) is 6.79 Å². The van der Waals surface area contributed by atoms with E-state index in [4.69, 9.17) is 15.2 Å². The maximum absolute atomic E-state index is 10.8. The van der Waals surface area contributed by atoms with Crippen LogP contribution in [-0.4, -0.2) is 24.8 Å². The van der Waals surface area contributed by atoms with Gasteiger partial charge in [-0.25, -0.2) is 4.79 Å². The Morgan fingerprint density at radius 3 is 2.93 bits per heavy atom. The summed E-state index contributed by atoms with van der Waals surface area (Å²) in [7, 11) is 1.65. The lowest BCUT2D eigenvalue weighted by Crippen LogP contribution is -2.31. The molecule has 1 aromatic rings. The van der Waals surface area contributed by atoms with Crippen molar-refractivity contribution in [1.82, 2.24) is 4.90 Å². The summed E-state index contributed by atoms with van der Waals surface area (Å²) >= 11 is 0. The molecule has 0 radical (unpaired) electrons. The molecule has 5 nitrogen and oxygen atoms in total. The molecule has 0 aliphatic carbocycles. The van der Waals surface area contributed by atoms with Crippen LogP contribution in [0, 0.1) is 0 Å². The number of fused-ring (bicyclic) bond motifs is 1. The number of amides is 2. The average molecular weight is 208 g/mol. The summed E-state index contributed by atoms with van der Waals surface area (Å²) in [6, 6.07) is 5.11. The Morgan fingerprint density at radius 1 is 1.47 bits per heavy atom. The summed E-state index contributed by atoms with van der Waals surface area (Å²) in [6.45, 7) is 0.719. The van der Waals surface area contributed by atoms with Crippen LogP contribution < -0.4 is 15.2 Å². The quantitative estimate of drug-likeness (QED) is 0.786. The smallest absolute Gasteiger partial charge is 0.314 e. The molecule has 0 saturated heterocycles. The molecular formula is C10H12N2O3. The topological polar surface area (TPSA) is 64.8 Å². The minimum absolute atomic E-state index is 0.254. The molecule has 0 unspecified atom stereocenters. The van der Waals surface area contributed by atoms with Gasteiger partial charge in [-0.2, -0.15) is 0 Å². The van der Waals surface area contributed by atoms with E-state index in [-0.39, 0.29) is 6.79 Å². The molecule has 2 N–H and O–H groups in total. The van der Waals surface area contributed by atoms with Crippen LogP contribution in [0.15, 0.2) is 18.2 Å². The van der Waals surface area contributed by atoms with Crippen LogP contribution in [0.3, 0.4) is 0 Å².